The van der Waals surface area contributed by atoms with Crippen LogP contribution in [0.3, 0.4) is 0 Å². The molecule has 3 rings (SSSR count). The molecule has 206 valence electrons. The lowest BCUT2D eigenvalue weighted by Crippen LogP contribution is -2.37. The highest BCUT2D eigenvalue weighted by Gasteiger charge is 2.29. The number of thioether (sulfide) groups is 1. The molecule has 3 N–H and O–H groups in total. The maximum atomic E-state index is 11.4. The van der Waals surface area contributed by atoms with Crippen LogP contribution in [0.5, 0.6) is 5.75 Å². The Morgan fingerprint density at radius 2 is 1.36 bits per heavy atom. The highest BCUT2D eigenvalue weighted by molar-refractivity contribution is 8.02. The van der Waals surface area contributed by atoms with Crippen molar-refractivity contribution in [3.05, 3.63) is 107 Å². The van der Waals surface area contributed by atoms with Crippen molar-refractivity contribution in [1.82, 2.24) is 0 Å². The monoisotopic (exact) mass is 572 g/mol. The number of hydrogen-bond acceptors (Lipinski definition) is 6. The zero-order valence-electron chi connectivity index (χ0n) is 21.5. The number of rotatable bonds is 9. The van der Waals surface area contributed by atoms with Gasteiger partial charge in [0.05, 0.1) is 0 Å². The molecule has 1 unspecified atom stereocenters. The van der Waals surface area contributed by atoms with Crippen molar-refractivity contribution in [2.24, 2.45) is 5.92 Å². The lowest BCUT2D eigenvalue weighted by Gasteiger charge is -2.21. The van der Waals surface area contributed by atoms with Gasteiger partial charge in [-0.2, -0.15) is 0 Å². The Morgan fingerprint density at radius 3 is 1.82 bits per heavy atom. The van der Waals surface area contributed by atoms with Gasteiger partial charge in [0.25, 0.3) is 0 Å². The lowest BCUT2D eigenvalue weighted by atomic mass is 10.00. The molecule has 0 heterocycles. The number of ketones is 1. The summed E-state index contributed by atoms with van der Waals surface area (Å²) in [5.74, 6) is -3.85. The molecule has 3 aromatic carbocycles. The molecule has 10 heteroatoms. The number of Topliss-reactive ketones (excluding diaryl/α,β-unsaturated/α-hetero) is 1. The van der Waals surface area contributed by atoms with Crippen molar-refractivity contribution < 1.29 is 39.2 Å². The second-order valence-corrected chi connectivity index (χ2v) is 9.65. The Bertz CT molecular complexity index is 1240. The molecule has 3 aromatic rings. The Hall–Kier alpha value is -4.08. The second-order valence-electron chi connectivity index (χ2n) is 8.23. The van der Waals surface area contributed by atoms with Crippen LogP contribution in [0.2, 0.25) is 5.02 Å². The van der Waals surface area contributed by atoms with Crippen molar-refractivity contribution in [2.45, 2.75) is 31.3 Å². The number of aliphatic carboxylic acids is 3. The molecule has 0 saturated heterocycles. The molecule has 1 atom stereocenters. The van der Waals surface area contributed by atoms with Gasteiger partial charge in [-0.1, -0.05) is 71.9 Å². The summed E-state index contributed by atoms with van der Waals surface area (Å²) in [7, 11) is 0. The SMILES string of the molecule is CC(C(=O)O)C(=O)c1ccccc1.CC(C)(Oc1ccc(Cl)cc1)C(=O)O.O=C(O)/C=C/Sc1ccccc1. The van der Waals surface area contributed by atoms with E-state index in [1.165, 1.54) is 32.5 Å². The van der Waals surface area contributed by atoms with Crippen LogP contribution < -0.4 is 4.74 Å². The molecule has 0 aromatic heterocycles. The van der Waals surface area contributed by atoms with Crippen LogP contribution in [-0.4, -0.2) is 44.6 Å². The average Bonchev–Trinajstić information content (AvgIpc) is 2.90. The smallest absolute Gasteiger partial charge is 0.347 e. The van der Waals surface area contributed by atoms with Gasteiger partial charge in [0, 0.05) is 21.6 Å². The molecule has 0 bridgehead atoms. The Balaban J connectivity index is 0.000000293. The summed E-state index contributed by atoms with van der Waals surface area (Å²) in [4.78, 5) is 43.8. The first-order valence-electron chi connectivity index (χ1n) is 11.4. The average molecular weight is 573 g/mol. The van der Waals surface area contributed by atoms with Crippen molar-refractivity contribution in [3.8, 4) is 5.75 Å². The molecule has 0 radical (unpaired) electrons. The van der Waals surface area contributed by atoms with E-state index in [1.807, 2.05) is 30.3 Å². The van der Waals surface area contributed by atoms with Gasteiger partial charge in [-0.3, -0.25) is 9.59 Å². The minimum Gasteiger partial charge on any atom is -0.481 e. The van der Waals surface area contributed by atoms with E-state index in [1.54, 1.807) is 60.0 Å². The molecular weight excluding hydrogens is 544 g/mol. The number of hydrogen-bond donors (Lipinski definition) is 3. The molecule has 0 amide bonds. The minimum absolute atomic E-state index is 0.354. The van der Waals surface area contributed by atoms with E-state index in [4.69, 9.17) is 31.7 Å². The highest BCUT2D eigenvalue weighted by Crippen LogP contribution is 2.21. The number of carboxylic acids is 3. The first kappa shape index (κ1) is 32.9. The fourth-order valence-corrected chi connectivity index (χ4v) is 3.26. The third-order valence-electron chi connectivity index (χ3n) is 4.68. The van der Waals surface area contributed by atoms with Gasteiger partial charge in [0.15, 0.2) is 11.4 Å². The molecule has 39 heavy (non-hydrogen) atoms. The van der Waals surface area contributed by atoms with Crippen LogP contribution >= 0.6 is 23.4 Å². The van der Waals surface area contributed by atoms with Crippen LogP contribution in [-0.2, 0) is 14.4 Å². The summed E-state index contributed by atoms with van der Waals surface area (Å²) in [5, 5.41) is 27.8. The molecule has 0 saturated carbocycles. The second kappa shape index (κ2) is 16.7. The van der Waals surface area contributed by atoms with Crippen molar-refractivity contribution in [2.75, 3.05) is 0 Å². The maximum Gasteiger partial charge on any atom is 0.347 e. The normalized spacial score (nSPS) is 11.2. The number of benzene rings is 3. The van der Waals surface area contributed by atoms with Gasteiger partial charge in [0.2, 0.25) is 0 Å². The van der Waals surface area contributed by atoms with Gasteiger partial charge in [-0.25, -0.2) is 9.59 Å². The van der Waals surface area contributed by atoms with Gasteiger partial charge >= 0.3 is 17.9 Å². The molecule has 0 aliphatic rings. The molecule has 0 spiro atoms. The molecule has 0 aliphatic carbocycles. The Morgan fingerprint density at radius 1 is 0.846 bits per heavy atom. The number of halogens is 1. The van der Waals surface area contributed by atoms with Gasteiger partial charge in [-0.05, 0) is 62.6 Å². The summed E-state index contributed by atoms with van der Waals surface area (Å²) in [6, 6.07) is 24.6. The minimum atomic E-state index is -1.23. The summed E-state index contributed by atoms with van der Waals surface area (Å²) in [6.07, 6.45) is 1.12. The van der Waals surface area contributed by atoms with Crippen LogP contribution in [0.1, 0.15) is 31.1 Å². The fourth-order valence-electron chi connectivity index (χ4n) is 2.48. The van der Waals surface area contributed by atoms with E-state index < -0.39 is 29.4 Å². The zero-order chi connectivity index (χ0) is 29.4. The van der Waals surface area contributed by atoms with Gasteiger partial charge < -0.3 is 20.1 Å². The predicted octanol–water partition coefficient (Wildman–Crippen LogP) is 6.55. The third kappa shape index (κ3) is 13.3. The van der Waals surface area contributed by atoms with Crippen molar-refractivity contribution in [1.29, 1.82) is 0 Å². The van der Waals surface area contributed by atoms with Crippen LogP contribution in [0.25, 0.3) is 0 Å². The van der Waals surface area contributed by atoms with Crippen LogP contribution in [0.15, 0.2) is 101 Å². The van der Waals surface area contributed by atoms with E-state index in [0.29, 0.717) is 16.3 Å². The van der Waals surface area contributed by atoms with E-state index in [9.17, 15) is 19.2 Å². The quantitative estimate of drug-likeness (QED) is 0.113. The predicted molar refractivity (Wildman–Crippen MR) is 150 cm³/mol. The summed E-state index contributed by atoms with van der Waals surface area (Å²) in [6.45, 7) is 4.37. The Labute approximate surface area is 235 Å². The van der Waals surface area contributed by atoms with E-state index in [0.717, 1.165) is 11.0 Å². The topological polar surface area (TPSA) is 138 Å². The highest BCUT2D eigenvalue weighted by atomic mass is 35.5. The number of ether oxygens (including phenoxy) is 1. The summed E-state index contributed by atoms with van der Waals surface area (Å²) < 4.78 is 5.26. The third-order valence-corrected chi connectivity index (χ3v) is 5.75. The molecule has 0 fully saturated rings. The van der Waals surface area contributed by atoms with Crippen LogP contribution in [0.4, 0.5) is 0 Å². The van der Waals surface area contributed by atoms with E-state index in [2.05, 4.69) is 0 Å². The summed E-state index contributed by atoms with van der Waals surface area (Å²) >= 11 is 7.06. The largest absolute Gasteiger partial charge is 0.481 e. The molecule has 0 aliphatic heterocycles. The van der Waals surface area contributed by atoms with Crippen molar-refractivity contribution in [3.63, 3.8) is 0 Å². The number of carbonyl (C=O) groups is 4. The lowest BCUT2D eigenvalue weighted by molar-refractivity contribution is -0.152. The zero-order valence-corrected chi connectivity index (χ0v) is 23.1. The standard InChI is InChI=1S/C10H11ClO3.C10H10O3.C9H8O2S/c1-10(2,9(12)13)14-8-5-3-7(11)4-6-8;1-7(10(12)13)9(11)8-5-3-2-4-6-8;10-9(11)6-7-12-8-4-2-1-3-5-8/h3-6H,1-2H3,(H,12,13);2-7H,1H3,(H,12,13);1-7H,(H,10,11)/b;;7-6+. The first-order valence-corrected chi connectivity index (χ1v) is 12.7. The van der Waals surface area contributed by atoms with Crippen molar-refractivity contribution >= 4 is 47.1 Å². The van der Waals surface area contributed by atoms with Crippen LogP contribution in [0, 0.1) is 5.92 Å². The fraction of sp³-hybridized carbons (Fsp3) is 0.172. The summed E-state index contributed by atoms with van der Waals surface area (Å²) in [5.41, 5.74) is -0.786. The molecular formula is C29H29ClO8S. The molecule has 8 nitrogen and oxygen atoms in total. The number of carbonyl (C=O) groups excluding carboxylic acids is 1. The Kier molecular flexibility index (Phi) is 14.1. The van der Waals surface area contributed by atoms with E-state index in [-0.39, 0.29) is 5.78 Å². The van der Waals surface area contributed by atoms with Gasteiger partial charge in [0.1, 0.15) is 11.7 Å². The first-order chi connectivity index (χ1) is 18.3. The van der Waals surface area contributed by atoms with Gasteiger partial charge in [-0.15, -0.1) is 0 Å². The maximum absolute atomic E-state index is 11.4. The number of carboxylic acid groups (broad SMARTS) is 3. The van der Waals surface area contributed by atoms with E-state index >= 15 is 0 Å².